The van der Waals surface area contributed by atoms with E-state index < -0.39 is 12.0 Å². The van der Waals surface area contributed by atoms with E-state index in [-0.39, 0.29) is 11.4 Å². The highest BCUT2D eigenvalue weighted by Gasteiger charge is 2.15. The van der Waals surface area contributed by atoms with Gasteiger partial charge in [-0.25, -0.2) is 9.59 Å². The smallest absolute Gasteiger partial charge is 0.354 e. The summed E-state index contributed by atoms with van der Waals surface area (Å²) in [6.07, 6.45) is 1.39. The number of amides is 2. The van der Waals surface area contributed by atoms with E-state index in [2.05, 4.69) is 25.2 Å². The molecular formula is C9H9N5O3S. The Morgan fingerprint density at radius 1 is 1.44 bits per heavy atom. The van der Waals surface area contributed by atoms with Crippen LogP contribution >= 0.6 is 11.5 Å². The first-order valence-corrected chi connectivity index (χ1v) is 5.62. The molecule has 0 aliphatic heterocycles. The van der Waals surface area contributed by atoms with Crippen LogP contribution in [0.4, 0.5) is 15.5 Å². The molecule has 0 aliphatic rings. The first-order valence-electron chi connectivity index (χ1n) is 4.84. The van der Waals surface area contributed by atoms with Crippen LogP contribution in [-0.4, -0.2) is 31.7 Å². The molecule has 2 aromatic rings. The van der Waals surface area contributed by atoms with Crippen LogP contribution in [0.2, 0.25) is 0 Å². The van der Waals surface area contributed by atoms with Gasteiger partial charge in [-0.3, -0.25) is 5.32 Å². The average molecular weight is 267 g/mol. The van der Waals surface area contributed by atoms with Crippen LogP contribution in [0.3, 0.4) is 0 Å². The maximum Gasteiger partial charge on any atom is 0.354 e. The van der Waals surface area contributed by atoms with Crippen molar-refractivity contribution in [3.63, 3.8) is 0 Å². The molecule has 2 amide bonds. The van der Waals surface area contributed by atoms with Crippen molar-refractivity contribution in [2.45, 2.75) is 6.92 Å². The number of urea groups is 1. The highest BCUT2D eigenvalue weighted by Crippen LogP contribution is 2.17. The summed E-state index contributed by atoms with van der Waals surface area (Å²) in [6, 6.07) is 0.982. The Labute approximate surface area is 105 Å². The lowest BCUT2D eigenvalue weighted by Crippen LogP contribution is -2.20. The fourth-order valence-electron chi connectivity index (χ4n) is 1.34. The molecule has 2 heterocycles. The zero-order chi connectivity index (χ0) is 13.1. The summed E-state index contributed by atoms with van der Waals surface area (Å²) >= 11 is 1.02. The van der Waals surface area contributed by atoms with Gasteiger partial charge in [0.15, 0.2) is 0 Å². The minimum absolute atomic E-state index is 0.0647. The molecule has 0 spiro atoms. The zero-order valence-electron chi connectivity index (χ0n) is 9.22. The topological polar surface area (TPSA) is 120 Å². The SMILES string of the molecule is Cc1cc(NC(=O)Nc2cnns2)c(C(=O)O)[nH]1. The van der Waals surface area contributed by atoms with Gasteiger partial charge in [0.05, 0.1) is 11.9 Å². The number of anilines is 2. The molecule has 18 heavy (non-hydrogen) atoms. The van der Waals surface area contributed by atoms with Crippen LogP contribution in [0.15, 0.2) is 12.3 Å². The number of aryl methyl sites for hydroxylation is 1. The number of hydrogen-bond acceptors (Lipinski definition) is 5. The summed E-state index contributed by atoms with van der Waals surface area (Å²) in [7, 11) is 0. The van der Waals surface area contributed by atoms with Crippen molar-refractivity contribution < 1.29 is 14.7 Å². The van der Waals surface area contributed by atoms with Gasteiger partial charge in [0, 0.05) is 17.2 Å². The molecule has 0 radical (unpaired) electrons. The Hall–Kier alpha value is -2.42. The van der Waals surface area contributed by atoms with Gasteiger partial charge in [0.2, 0.25) is 0 Å². The van der Waals surface area contributed by atoms with Crippen LogP contribution in [0.1, 0.15) is 16.2 Å². The van der Waals surface area contributed by atoms with Crippen molar-refractivity contribution in [3.8, 4) is 0 Å². The van der Waals surface area contributed by atoms with Crippen molar-refractivity contribution >= 4 is 34.2 Å². The van der Waals surface area contributed by atoms with Gasteiger partial charge >= 0.3 is 12.0 Å². The third-order valence-corrected chi connectivity index (χ3v) is 2.59. The van der Waals surface area contributed by atoms with Crippen LogP contribution < -0.4 is 10.6 Å². The normalized spacial score (nSPS) is 10.1. The number of carbonyl (C=O) groups excluding carboxylic acids is 1. The van der Waals surface area contributed by atoms with Crippen molar-refractivity contribution in [2.75, 3.05) is 10.6 Å². The monoisotopic (exact) mass is 267 g/mol. The van der Waals surface area contributed by atoms with Gasteiger partial charge in [-0.15, -0.1) is 5.10 Å². The van der Waals surface area contributed by atoms with Gasteiger partial charge in [0.25, 0.3) is 0 Å². The van der Waals surface area contributed by atoms with Crippen molar-refractivity contribution in [1.82, 2.24) is 14.6 Å². The molecule has 0 unspecified atom stereocenters. The predicted octanol–water partition coefficient (Wildman–Crippen LogP) is 1.52. The Kier molecular flexibility index (Phi) is 3.24. The molecule has 0 aromatic carbocycles. The molecule has 0 fully saturated rings. The first kappa shape index (κ1) is 12.0. The molecule has 2 rings (SSSR count). The number of rotatable bonds is 3. The third-order valence-electron chi connectivity index (χ3n) is 2.01. The standard InChI is InChI=1S/C9H9N5O3S/c1-4-2-5(7(11-4)8(15)16)12-9(17)13-6-3-10-14-18-6/h2-3,11H,1H3,(H,15,16)(H2,12,13,17). The number of nitrogens with one attached hydrogen (secondary N) is 3. The summed E-state index contributed by atoms with van der Waals surface area (Å²) in [5.41, 5.74) is 0.780. The maximum atomic E-state index is 11.6. The van der Waals surface area contributed by atoms with Crippen molar-refractivity contribution in [2.24, 2.45) is 0 Å². The molecule has 0 atom stereocenters. The third kappa shape index (κ3) is 2.63. The van der Waals surface area contributed by atoms with Crippen molar-refractivity contribution in [1.29, 1.82) is 0 Å². The Morgan fingerprint density at radius 3 is 2.83 bits per heavy atom. The molecule has 9 heteroatoms. The number of carboxylic acid groups (broad SMARTS) is 1. The molecule has 0 aliphatic carbocycles. The summed E-state index contributed by atoms with van der Waals surface area (Å²) in [5.74, 6) is -1.14. The van der Waals surface area contributed by atoms with E-state index in [4.69, 9.17) is 5.11 Å². The highest BCUT2D eigenvalue weighted by molar-refractivity contribution is 7.10. The number of carboxylic acids is 1. The Morgan fingerprint density at radius 2 is 2.22 bits per heavy atom. The predicted molar refractivity (Wildman–Crippen MR) is 65.0 cm³/mol. The van der Waals surface area contributed by atoms with Crippen molar-refractivity contribution in [3.05, 3.63) is 23.7 Å². The second kappa shape index (κ2) is 4.84. The van der Waals surface area contributed by atoms with E-state index in [1.54, 1.807) is 6.92 Å². The Balaban J connectivity index is 2.09. The second-order valence-electron chi connectivity index (χ2n) is 3.41. The fraction of sp³-hybridized carbons (Fsp3) is 0.111. The van der Waals surface area contributed by atoms with Gasteiger partial charge in [0.1, 0.15) is 10.7 Å². The molecule has 0 bridgehead atoms. The number of carbonyl (C=O) groups is 2. The Bertz CT molecular complexity index is 577. The lowest BCUT2D eigenvalue weighted by Gasteiger charge is -2.04. The van der Waals surface area contributed by atoms with Gasteiger partial charge in [-0.05, 0) is 13.0 Å². The number of aromatic carboxylic acids is 1. The quantitative estimate of drug-likeness (QED) is 0.672. The van der Waals surface area contributed by atoms with Crippen LogP contribution in [0.5, 0.6) is 0 Å². The molecule has 0 saturated heterocycles. The van der Waals surface area contributed by atoms with Gasteiger partial charge < -0.3 is 15.4 Å². The first-order chi connectivity index (χ1) is 8.56. The average Bonchev–Trinajstić information content (AvgIpc) is 2.88. The number of nitrogens with zero attached hydrogens (tertiary/aromatic N) is 2. The molecular weight excluding hydrogens is 258 g/mol. The zero-order valence-corrected chi connectivity index (χ0v) is 10.0. The number of H-pyrrole nitrogens is 1. The molecule has 94 valence electrons. The molecule has 2 aromatic heterocycles. The number of aromatic amines is 1. The fourth-order valence-corrected chi connectivity index (χ4v) is 1.76. The lowest BCUT2D eigenvalue weighted by molar-refractivity contribution is 0.0692. The highest BCUT2D eigenvalue weighted by atomic mass is 32.1. The van der Waals surface area contributed by atoms with Crippen LogP contribution in [0.25, 0.3) is 0 Å². The maximum absolute atomic E-state index is 11.6. The summed E-state index contributed by atoms with van der Waals surface area (Å²) in [6.45, 7) is 1.70. The second-order valence-corrected chi connectivity index (χ2v) is 4.19. The minimum atomic E-state index is -1.14. The van der Waals surface area contributed by atoms with Gasteiger partial charge in [-0.2, -0.15) is 0 Å². The van der Waals surface area contributed by atoms with E-state index in [0.717, 1.165) is 11.5 Å². The van der Waals surface area contributed by atoms with E-state index in [1.165, 1.54) is 12.3 Å². The van der Waals surface area contributed by atoms with E-state index in [0.29, 0.717) is 10.7 Å². The summed E-state index contributed by atoms with van der Waals surface area (Å²) in [5, 5.41) is 17.9. The summed E-state index contributed by atoms with van der Waals surface area (Å²) < 4.78 is 3.58. The summed E-state index contributed by atoms with van der Waals surface area (Å²) in [4.78, 5) is 25.1. The van der Waals surface area contributed by atoms with E-state index in [9.17, 15) is 9.59 Å². The van der Waals surface area contributed by atoms with Crippen LogP contribution in [-0.2, 0) is 0 Å². The number of hydrogen-bond donors (Lipinski definition) is 4. The number of aromatic nitrogens is 3. The minimum Gasteiger partial charge on any atom is -0.477 e. The van der Waals surface area contributed by atoms with Crippen LogP contribution in [0, 0.1) is 6.92 Å². The lowest BCUT2D eigenvalue weighted by atomic mass is 10.3. The van der Waals surface area contributed by atoms with E-state index >= 15 is 0 Å². The molecule has 8 nitrogen and oxygen atoms in total. The molecule has 0 saturated carbocycles. The van der Waals surface area contributed by atoms with Gasteiger partial charge in [-0.1, -0.05) is 4.49 Å². The van der Waals surface area contributed by atoms with E-state index in [1.807, 2.05) is 0 Å². The largest absolute Gasteiger partial charge is 0.477 e. The molecule has 4 N–H and O–H groups in total.